The van der Waals surface area contributed by atoms with Gasteiger partial charge in [-0.15, -0.1) is 0 Å². The molecule has 0 spiro atoms. The van der Waals surface area contributed by atoms with Crippen LogP contribution in [0.1, 0.15) is 24.6 Å². The number of hydrogen-bond donors (Lipinski definition) is 1. The number of aromatic nitrogens is 1. The number of nitrogens with two attached hydrogens (primary N) is 1. The summed E-state index contributed by atoms with van der Waals surface area (Å²) < 4.78 is 43.7. The molecular weight excluding hydrogens is 235 g/mol. The van der Waals surface area contributed by atoms with E-state index in [0.717, 1.165) is 12.7 Å². The van der Waals surface area contributed by atoms with Crippen LogP contribution in [0.25, 0.3) is 0 Å². The zero-order valence-electron chi connectivity index (χ0n) is 9.15. The second-order valence-electron chi connectivity index (χ2n) is 4.23. The molecule has 0 amide bonds. The maximum Gasteiger partial charge on any atom is 0.409 e. The van der Waals surface area contributed by atoms with Gasteiger partial charge in [0.1, 0.15) is 12.0 Å². The fraction of sp³-hybridized carbons (Fsp3) is 0.700. The summed E-state index contributed by atoms with van der Waals surface area (Å²) in [5.74, 6) is 0. The van der Waals surface area contributed by atoms with E-state index in [-0.39, 0.29) is 11.7 Å². The van der Waals surface area contributed by atoms with Crippen LogP contribution >= 0.6 is 0 Å². The molecule has 1 aromatic rings. The SMILES string of the molecule is NC1CCN(C(c2cocn2)C(F)(F)F)CC1. The van der Waals surface area contributed by atoms with Gasteiger partial charge in [0.15, 0.2) is 12.4 Å². The molecule has 7 heteroatoms. The fourth-order valence-corrected chi connectivity index (χ4v) is 2.10. The number of piperidine rings is 1. The Balaban J connectivity index is 2.17. The number of halogens is 3. The molecule has 1 saturated heterocycles. The molecule has 2 rings (SSSR count). The van der Waals surface area contributed by atoms with Crippen LogP contribution in [0.15, 0.2) is 17.1 Å². The van der Waals surface area contributed by atoms with E-state index in [4.69, 9.17) is 5.73 Å². The lowest BCUT2D eigenvalue weighted by Crippen LogP contribution is -2.46. The monoisotopic (exact) mass is 249 g/mol. The Morgan fingerprint density at radius 3 is 2.53 bits per heavy atom. The van der Waals surface area contributed by atoms with Crippen LogP contribution in [-0.2, 0) is 0 Å². The highest BCUT2D eigenvalue weighted by Crippen LogP contribution is 2.38. The molecule has 0 aliphatic carbocycles. The Labute approximate surface area is 96.6 Å². The van der Waals surface area contributed by atoms with E-state index in [1.807, 2.05) is 0 Å². The van der Waals surface area contributed by atoms with Crippen molar-refractivity contribution in [1.82, 2.24) is 9.88 Å². The standard InChI is InChI=1S/C10H14F3N3O/c11-10(12,13)9(8-5-17-6-15-8)16-3-1-7(14)2-4-16/h5-7,9H,1-4,14H2. The molecule has 17 heavy (non-hydrogen) atoms. The van der Waals surface area contributed by atoms with E-state index in [1.54, 1.807) is 0 Å². The van der Waals surface area contributed by atoms with E-state index in [0.29, 0.717) is 25.9 Å². The number of nitrogens with zero attached hydrogens (tertiary/aromatic N) is 2. The maximum atomic E-state index is 13.0. The maximum absolute atomic E-state index is 13.0. The summed E-state index contributed by atoms with van der Waals surface area (Å²) in [6.45, 7) is 0.663. The summed E-state index contributed by atoms with van der Waals surface area (Å²) in [4.78, 5) is 4.98. The van der Waals surface area contributed by atoms with Crippen LogP contribution < -0.4 is 5.73 Å². The van der Waals surface area contributed by atoms with Crippen LogP contribution in [0.2, 0.25) is 0 Å². The zero-order chi connectivity index (χ0) is 12.5. The molecule has 0 aromatic carbocycles. The van der Waals surface area contributed by atoms with E-state index in [9.17, 15) is 13.2 Å². The molecule has 1 aliphatic heterocycles. The summed E-state index contributed by atoms with van der Waals surface area (Å²) in [6, 6.07) is -1.69. The van der Waals surface area contributed by atoms with Crippen molar-refractivity contribution in [3.05, 3.63) is 18.4 Å². The number of likely N-dealkylation sites (tertiary alicyclic amines) is 1. The van der Waals surface area contributed by atoms with Gasteiger partial charge in [-0.05, 0) is 12.8 Å². The smallest absolute Gasteiger partial charge is 0.409 e. The fourth-order valence-electron chi connectivity index (χ4n) is 2.10. The lowest BCUT2D eigenvalue weighted by atomic mass is 10.0. The zero-order valence-corrected chi connectivity index (χ0v) is 9.15. The van der Waals surface area contributed by atoms with Crippen molar-refractivity contribution in [2.24, 2.45) is 5.73 Å². The Bertz CT molecular complexity index is 344. The first-order valence-corrected chi connectivity index (χ1v) is 5.43. The third-order valence-electron chi connectivity index (χ3n) is 2.98. The number of hydrogen-bond acceptors (Lipinski definition) is 4. The molecule has 0 radical (unpaired) electrons. The second kappa shape index (κ2) is 4.66. The highest BCUT2D eigenvalue weighted by Gasteiger charge is 2.46. The minimum Gasteiger partial charge on any atom is -0.451 e. The van der Waals surface area contributed by atoms with Crippen molar-refractivity contribution in [2.75, 3.05) is 13.1 Å². The number of alkyl halides is 3. The van der Waals surface area contributed by atoms with Crippen molar-refractivity contribution in [1.29, 1.82) is 0 Å². The van der Waals surface area contributed by atoms with Crippen LogP contribution in [-0.4, -0.2) is 35.2 Å². The van der Waals surface area contributed by atoms with Crippen LogP contribution in [0.3, 0.4) is 0 Å². The molecular formula is C10H14F3N3O. The summed E-state index contributed by atoms with van der Waals surface area (Å²) in [5, 5.41) is 0. The third-order valence-corrected chi connectivity index (χ3v) is 2.98. The third kappa shape index (κ3) is 2.78. The highest BCUT2D eigenvalue weighted by molar-refractivity contribution is 5.04. The molecule has 96 valence electrons. The van der Waals surface area contributed by atoms with Crippen LogP contribution in [0, 0.1) is 0 Å². The molecule has 2 heterocycles. The van der Waals surface area contributed by atoms with Gasteiger partial charge in [-0.2, -0.15) is 13.2 Å². The Morgan fingerprint density at radius 2 is 2.06 bits per heavy atom. The van der Waals surface area contributed by atoms with Crippen molar-refractivity contribution < 1.29 is 17.6 Å². The largest absolute Gasteiger partial charge is 0.451 e. The average Bonchev–Trinajstić information content (AvgIpc) is 2.72. The molecule has 1 atom stereocenters. The topological polar surface area (TPSA) is 55.3 Å². The summed E-state index contributed by atoms with van der Waals surface area (Å²) in [5.41, 5.74) is 5.59. The number of oxazole rings is 1. The van der Waals surface area contributed by atoms with Gasteiger partial charge in [0.2, 0.25) is 0 Å². The second-order valence-corrected chi connectivity index (χ2v) is 4.23. The summed E-state index contributed by atoms with van der Waals surface area (Å²) in [6.07, 6.45) is -1.14. The van der Waals surface area contributed by atoms with Gasteiger partial charge in [0.05, 0.1) is 0 Å². The number of rotatable bonds is 2. The van der Waals surface area contributed by atoms with Gasteiger partial charge in [-0.25, -0.2) is 4.98 Å². The summed E-state index contributed by atoms with van der Waals surface area (Å²) >= 11 is 0. The van der Waals surface area contributed by atoms with Crippen molar-refractivity contribution in [2.45, 2.75) is 31.1 Å². The first-order valence-electron chi connectivity index (χ1n) is 5.43. The molecule has 2 N–H and O–H groups in total. The molecule has 1 unspecified atom stereocenters. The van der Waals surface area contributed by atoms with E-state index >= 15 is 0 Å². The van der Waals surface area contributed by atoms with Gasteiger partial charge >= 0.3 is 6.18 Å². The molecule has 1 aromatic heterocycles. The van der Waals surface area contributed by atoms with Crippen molar-refractivity contribution in [3.63, 3.8) is 0 Å². The predicted octanol–water partition coefficient (Wildman–Crippen LogP) is 1.70. The van der Waals surface area contributed by atoms with Crippen molar-refractivity contribution in [3.8, 4) is 0 Å². The van der Waals surface area contributed by atoms with Crippen LogP contribution in [0.4, 0.5) is 13.2 Å². The average molecular weight is 249 g/mol. The van der Waals surface area contributed by atoms with E-state index in [2.05, 4.69) is 9.40 Å². The van der Waals surface area contributed by atoms with Gasteiger partial charge in [0, 0.05) is 19.1 Å². The lowest BCUT2D eigenvalue weighted by Gasteiger charge is -2.36. The van der Waals surface area contributed by atoms with Gasteiger partial charge in [-0.3, -0.25) is 4.90 Å². The van der Waals surface area contributed by atoms with Crippen molar-refractivity contribution >= 4 is 0 Å². The minimum atomic E-state index is -4.35. The molecule has 1 aliphatic rings. The first-order chi connectivity index (χ1) is 7.98. The predicted molar refractivity (Wildman–Crippen MR) is 54.1 cm³/mol. The summed E-state index contributed by atoms with van der Waals surface area (Å²) in [7, 11) is 0. The Kier molecular flexibility index (Phi) is 3.39. The molecule has 0 saturated carbocycles. The Hall–Kier alpha value is -1.08. The first kappa shape index (κ1) is 12.4. The molecule has 0 bridgehead atoms. The van der Waals surface area contributed by atoms with Gasteiger partial charge < -0.3 is 10.2 Å². The van der Waals surface area contributed by atoms with E-state index in [1.165, 1.54) is 4.90 Å². The Morgan fingerprint density at radius 1 is 1.41 bits per heavy atom. The van der Waals surface area contributed by atoms with Gasteiger partial charge in [0.25, 0.3) is 0 Å². The van der Waals surface area contributed by atoms with Gasteiger partial charge in [-0.1, -0.05) is 0 Å². The molecule has 1 fully saturated rings. The molecule has 4 nitrogen and oxygen atoms in total. The van der Waals surface area contributed by atoms with Crippen LogP contribution in [0.5, 0.6) is 0 Å². The lowest BCUT2D eigenvalue weighted by molar-refractivity contribution is -0.190. The highest BCUT2D eigenvalue weighted by atomic mass is 19.4. The minimum absolute atomic E-state index is 0.00237. The van der Waals surface area contributed by atoms with E-state index < -0.39 is 12.2 Å². The normalized spacial score (nSPS) is 21.6. The quantitative estimate of drug-likeness (QED) is 0.866.